The van der Waals surface area contributed by atoms with E-state index in [2.05, 4.69) is 20.4 Å². The van der Waals surface area contributed by atoms with Gasteiger partial charge in [-0.3, -0.25) is 14.5 Å². The number of anilines is 1. The van der Waals surface area contributed by atoms with Crippen molar-refractivity contribution < 1.29 is 24.7 Å². The number of aromatic nitrogens is 2. The van der Waals surface area contributed by atoms with Crippen LogP contribution >= 0.6 is 34.4 Å². The molecule has 0 radical (unpaired) electrons. The number of rotatable bonds is 6. The second-order valence-electron chi connectivity index (χ2n) is 6.69. The molecular formula is C18H17N6NaO5S3. The zero-order valence-corrected chi connectivity index (χ0v) is 18.8. The number of nitrogens with one attached hydrogen (secondary N) is 1. The molecule has 1 saturated heterocycles. The third-order valence-corrected chi connectivity index (χ3v) is 7.66. The van der Waals surface area contributed by atoms with Gasteiger partial charge in [0.15, 0.2) is 10.8 Å². The quantitative estimate of drug-likeness (QED) is 0.140. The number of carbonyl (C=O) groups excluding carboxylic acids is 2. The van der Waals surface area contributed by atoms with Crippen molar-refractivity contribution in [2.75, 3.05) is 11.5 Å². The third-order valence-electron chi connectivity index (χ3n) is 4.79. The first-order valence-electron chi connectivity index (χ1n) is 9.05. The van der Waals surface area contributed by atoms with E-state index >= 15 is 0 Å². The van der Waals surface area contributed by atoms with Gasteiger partial charge in [-0.05, 0) is 18.6 Å². The van der Waals surface area contributed by atoms with E-state index in [1.54, 1.807) is 17.7 Å². The molecule has 0 bridgehead atoms. The number of allylic oxidation sites excluding steroid dienone is 1. The predicted octanol–water partition coefficient (Wildman–Crippen LogP) is 0.472. The van der Waals surface area contributed by atoms with E-state index in [0.717, 1.165) is 26.8 Å². The molecule has 4 rings (SSSR count). The predicted molar refractivity (Wildman–Crippen MR) is 128 cm³/mol. The number of carboxylic acid groups (broad SMARTS) is 1. The molecule has 2 amide bonds. The molecule has 1 fully saturated rings. The first-order chi connectivity index (χ1) is 15.3. The van der Waals surface area contributed by atoms with Crippen LogP contribution in [0.25, 0.3) is 6.08 Å². The zero-order valence-electron chi connectivity index (χ0n) is 16.4. The monoisotopic (exact) mass is 516 g/mol. The summed E-state index contributed by atoms with van der Waals surface area (Å²) in [5.74, 6) is -2.28. The van der Waals surface area contributed by atoms with Gasteiger partial charge in [-0.2, -0.15) is 0 Å². The molecule has 0 aliphatic carbocycles. The number of nitrogens with two attached hydrogens (primary N) is 1. The van der Waals surface area contributed by atoms with Crippen LogP contribution < -0.4 is 11.1 Å². The molecular weight excluding hydrogens is 499 g/mol. The van der Waals surface area contributed by atoms with E-state index in [-0.39, 0.29) is 51.8 Å². The number of oxime groups is 1. The Morgan fingerprint density at radius 1 is 1.36 bits per heavy atom. The van der Waals surface area contributed by atoms with Crippen molar-refractivity contribution in [2.24, 2.45) is 5.16 Å². The standard InChI is InChI=1S/C18H16N6O5S3.Na.H/c1-7-10(32-6-20-7)3-2-8-4-30-16-12(15(26)24(16)13(8)17(27)28)22-14(25)11(23-29)9-5-31-18(19)21-9;;/h2-3,5-6,12,16,29H,4H2,1H3,(H2,19,21)(H,22,25)(H,27,28);;/b3-2+,23-11+;;/t12?,16-;;/m1../s1. The number of carbonyl (C=O) groups is 3. The molecule has 5 N–H and O–H groups in total. The average molecular weight is 517 g/mol. The Kier molecular flexibility index (Phi) is 7.97. The summed E-state index contributed by atoms with van der Waals surface area (Å²) in [6.45, 7) is 1.85. The molecule has 15 heteroatoms. The van der Waals surface area contributed by atoms with Gasteiger partial charge in [0.2, 0.25) is 0 Å². The molecule has 33 heavy (non-hydrogen) atoms. The molecule has 2 atom stereocenters. The van der Waals surface area contributed by atoms with Gasteiger partial charge in [0, 0.05) is 16.0 Å². The van der Waals surface area contributed by atoms with Gasteiger partial charge in [-0.15, -0.1) is 34.4 Å². The molecule has 2 aliphatic heterocycles. The third kappa shape index (κ3) is 4.85. The fourth-order valence-corrected chi connectivity index (χ4v) is 5.80. The number of thioether (sulfide) groups is 1. The Morgan fingerprint density at radius 2 is 2.12 bits per heavy atom. The number of β-lactam (4-membered cyclic amide) rings is 1. The van der Waals surface area contributed by atoms with Crippen LogP contribution in [-0.2, 0) is 14.4 Å². The second-order valence-corrected chi connectivity index (χ2v) is 9.58. The van der Waals surface area contributed by atoms with E-state index in [9.17, 15) is 24.7 Å². The average Bonchev–Trinajstić information content (AvgIpc) is 3.37. The summed E-state index contributed by atoms with van der Waals surface area (Å²) in [6.07, 6.45) is 3.45. The minimum absolute atomic E-state index is 0. The number of fused-ring (bicyclic) bond motifs is 1. The number of nitrogens with zero attached hydrogens (tertiary/aromatic N) is 4. The first kappa shape index (κ1) is 25.4. The molecule has 0 saturated carbocycles. The summed E-state index contributed by atoms with van der Waals surface area (Å²) in [7, 11) is 0. The number of nitrogen functional groups attached to an aromatic ring is 1. The van der Waals surface area contributed by atoms with Crippen molar-refractivity contribution >= 4 is 98.7 Å². The van der Waals surface area contributed by atoms with Gasteiger partial charge in [0.05, 0.1) is 11.2 Å². The Balaban J connectivity index is 0.00000306. The second kappa shape index (κ2) is 10.4. The van der Waals surface area contributed by atoms with Gasteiger partial charge < -0.3 is 21.4 Å². The van der Waals surface area contributed by atoms with E-state index in [4.69, 9.17) is 5.73 Å². The molecule has 0 aromatic carbocycles. The molecule has 2 aromatic rings. The van der Waals surface area contributed by atoms with Crippen LogP contribution in [0.2, 0.25) is 0 Å². The topological polar surface area (TPSA) is 171 Å². The van der Waals surface area contributed by atoms with E-state index < -0.39 is 29.2 Å². The molecule has 2 aromatic heterocycles. The van der Waals surface area contributed by atoms with Gasteiger partial charge in [-0.25, -0.2) is 14.8 Å². The van der Waals surface area contributed by atoms with Crippen molar-refractivity contribution in [3.8, 4) is 0 Å². The van der Waals surface area contributed by atoms with Crippen molar-refractivity contribution in [1.29, 1.82) is 0 Å². The van der Waals surface area contributed by atoms with Crippen LogP contribution in [0, 0.1) is 6.92 Å². The SMILES string of the molecule is Cc1ncsc1/C=C/C1=C(C(=O)O)N2C(=O)C(NC(=O)/C(=N/O)c3csc(N)n3)[C@H]2SC1.[NaH]. The van der Waals surface area contributed by atoms with Crippen molar-refractivity contribution in [1.82, 2.24) is 20.2 Å². The van der Waals surface area contributed by atoms with Crippen molar-refractivity contribution in [3.05, 3.63) is 44.5 Å². The number of aryl methyl sites for hydroxylation is 1. The van der Waals surface area contributed by atoms with Gasteiger partial charge in [0.25, 0.3) is 11.8 Å². The zero-order chi connectivity index (χ0) is 23.0. The van der Waals surface area contributed by atoms with Crippen LogP contribution in [0.15, 0.2) is 33.4 Å². The Labute approximate surface area is 221 Å². The molecule has 11 nitrogen and oxygen atoms in total. The van der Waals surface area contributed by atoms with Crippen LogP contribution in [0.1, 0.15) is 16.3 Å². The van der Waals surface area contributed by atoms with E-state index in [1.165, 1.54) is 28.5 Å². The number of aliphatic carboxylic acids is 1. The summed E-state index contributed by atoms with van der Waals surface area (Å²) in [6, 6.07) is -0.969. The van der Waals surface area contributed by atoms with E-state index in [1.807, 2.05) is 6.92 Å². The Bertz CT molecular complexity index is 1210. The van der Waals surface area contributed by atoms with Gasteiger partial charge >= 0.3 is 35.5 Å². The number of hydrogen-bond donors (Lipinski definition) is 4. The summed E-state index contributed by atoms with van der Waals surface area (Å²) in [5.41, 5.74) is 8.13. The first-order valence-corrected chi connectivity index (χ1v) is 11.9. The summed E-state index contributed by atoms with van der Waals surface area (Å²) < 4.78 is 0. The van der Waals surface area contributed by atoms with E-state index in [0.29, 0.717) is 11.3 Å². The number of thiazole rings is 2. The maximum absolute atomic E-state index is 12.8. The number of carboxylic acids is 1. The Morgan fingerprint density at radius 3 is 2.70 bits per heavy atom. The summed E-state index contributed by atoms with van der Waals surface area (Å²) in [4.78, 5) is 47.4. The van der Waals surface area contributed by atoms with Crippen molar-refractivity contribution in [3.63, 3.8) is 0 Å². The normalized spacial score (nSPS) is 20.3. The summed E-state index contributed by atoms with van der Waals surface area (Å²) in [5, 5.41) is 25.5. The van der Waals surface area contributed by atoms with Crippen LogP contribution in [0.4, 0.5) is 5.13 Å². The number of hydrogen-bond acceptors (Lipinski definition) is 11. The fraction of sp³-hybridized carbons (Fsp3) is 0.222. The molecule has 168 valence electrons. The Hall–Kier alpha value is -2.23. The van der Waals surface area contributed by atoms with Crippen LogP contribution in [0.5, 0.6) is 0 Å². The molecule has 4 heterocycles. The maximum atomic E-state index is 12.8. The van der Waals surface area contributed by atoms with Gasteiger partial charge in [-0.1, -0.05) is 11.2 Å². The van der Waals surface area contributed by atoms with Crippen LogP contribution in [0.3, 0.4) is 0 Å². The molecule has 1 unspecified atom stereocenters. The molecule has 2 aliphatic rings. The van der Waals surface area contributed by atoms with Crippen LogP contribution in [-0.4, -0.2) is 95.4 Å². The molecule has 0 spiro atoms. The minimum atomic E-state index is -1.23. The fourth-order valence-electron chi connectivity index (χ4n) is 3.24. The van der Waals surface area contributed by atoms with Gasteiger partial charge in [0.1, 0.15) is 22.8 Å². The van der Waals surface area contributed by atoms with Crippen molar-refractivity contribution in [2.45, 2.75) is 18.3 Å². The summed E-state index contributed by atoms with van der Waals surface area (Å²) >= 11 is 3.82. The number of amides is 2.